The van der Waals surface area contributed by atoms with Crippen molar-refractivity contribution in [2.75, 3.05) is 30.6 Å². The Labute approximate surface area is 405 Å². The van der Waals surface area contributed by atoms with Gasteiger partial charge in [-0.05, 0) is 88.2 Å². The molecule has 1 fully saturated rings. The van der Waals surface area contributed by atoms with Crippen molar-refractivity contribution in [2.45, 2.75) is 153 Å². The lowest BCUT2D eigenvalue weighted by Gasteiger charge is -2.32. The van der Waals surface area contributed by atoms with Crippen LogP contribution in [0.4, 0.5) is 0 Å². The molecule has 10 atom stereocenters. The van der Waals surface area contributed by atoms with Gasteiger partial charge in [-0.2, -0.15) is 23.5 Å². The maximum atomic E-state index is 14.0. The number of thioether (sulfide) groups is 2. The highest BCUT2D eigenvalue weighted by atomic mass is 32.2. The molecule has 15 N–H and O–H groups in total. The molecule has 0 aliphatic carbocycles. The second-order valence-electron chi connectivity index (χ2n) is 17.3. The molecule has 0 aromatic rings. The molecular weight excluding hydrogens is 931 g/mol. The Balaban J connectivity index is 3.28. The number of hydrogen-bond acceptors (Lipinski definition) is 15. The van der Waals surface area contributed by atoms with E-state index in [0.29, 0.717) is 24.3 Å². The van der Waals surface area contributed by atoms with Crippen molar-refractivity contribution in [3.63, 3.8) is 0 Å². The number of likely N-dealkylation sites (tertiary alicyclic amines) is 1. The van der Waals surface area contributed by atoms with E-state index < -0.39 is 144 Å². The smallest absolute Gasteiger partial charge is 0.326 e. The lowest BCUT2D eigenvalue weighted by Crippen LogP contribution is -2.62. The van der Waals surface area contributed by atoms with Crippen LogP contribution in [-0.2, 0) is 52.7 Å². The zero-order chi connectivity index (χ0) is 52.0. The van der Waals surface area contributed by atoms with Crippen LogP contribution >= 0.6 is 23.5 Å². The summed E-state index contributed by atoms with van der Waals surface area (Å²) >= 11 is 2.83. The highest BCUT2D eigenvalue weighted by Gasteiger charge is 2.41. The van der Waals surface area contributed by atoms with Crippen molar-refractivity contribution in [3.05, 3.63) is 0 Å². The third-order valence-electron chi connectivity index (χ3n) is 11.0. The summed E-state index contributed by atoms with van der Waals surface area (Å²) in [6.07, 6.45) is 1.51. The summed E-state index contributed by atoms with van der Waals surface area (Å²) in [7, 11) is 0. The summed E-state index contributed by atoms with van der Waals surface area (Å²) in [5, 5.41) is 37.7. The molecule has 1 saturated heterocycles. The van der Waals surface area contributed by atoms with Gasteiger partial charge in [-0.1, -0.05) is 27.7 Å². The summed E-state index contributed by atoms with van der Waals surface area (Å²) in [5.74, 6) is -9.58. The molecule has 68 heavy (non-hydrogen) atoms. The SMILES string of the molecule is CSCC[C@H](NC(=O)[C@@H](NC(=O)[C@H](CCC(N)=O)NC(=O)[C@@H]1CCCN1C(=O)[C@@H](NC(=O)[C@H](C)NC(=O)[C@@H](N)CCSC)C(C)C)[C@@H](C)O)C(=O)N[C@H](C(=O)N[C@@H](CCC(N)=O)C(=O)O)C(C)C. The second kappa shape index (κ2) is 30.3. The minimum atomic E-state index is -1.75. The molecule has 1 aliphatic rings. The van der Waals surface area contributed by atoms with Crippen LogP contribution in [0.3, 0.4) is 0 Å². The van der Waals surface area contributed by atoms with Crippen LogP contribution < -0.4 is 54.4 Å². The predicted molar refractivity (Wildman–Crippen MR) is 254 cm³/mol. The number of nitrogens with one attached hydrogen (secondary N) is 7. The monoisotopic (exact) mass is 1000 g/mol. The minimum absolute atomic E-state index is 0.0000464. The van der Waals surface area contributed by atoms with E-state index in [0.717, 1.165) is 0 Å². The number of nitrogens with two attached hydrogens (primary N) is 3. The first kappa shape index (κ1) is 60.8. The van der Waals surface area contributed by atoms with Gasteiger partial charge >= 0.3 is 5.97 Å². The third kappa shape index (κ3) is 20.6. The Morgan fingerprint density at radius 1 is 0.588 bits per heavy atom. The standard InChI is InChI=1S/C42H73N11O13S2/c1-20(2)31(39(62)49-27(42(65)66)12-14-30(45)56)50-37(60)26(16-19-68-8)48-40(63)33(23(6)54)52-36(59)25(11-13-29(44)55)47-38(61)28-10-9-17-53(28)41(64)32(21(3)4)51-34(57)22(5)46-35(58)24(43)15-18-67-7/h20-28,31-33,54H,9-19,43H2,1-8H3,(H2,44,55)(H2,45,56)(H,46,58)(H,47,61)(H,48,63)(H,49,62)(H,50,60)(H,51,57)(H,52,59)(H,65,66)/t22-,23+,24-,25-,26-,27-,28-,31-,32-,33-/m0/s1. The first-order chi connectivity index (χ1) is 31.8. The van der Waals surface area contributed by atoms with Crippen molar-refractivity contribution in [3.8, 4) is 0 Å². The minimum Gasteiger partial charge on any atom is -0.480 e. The lowest BCUT2D eigenvalue weighted by atomic mass is 10.0. The van der Waals surface area contributed by atoms with Gasteiger partial charge in [-0.25, -0.2) is 4.79 Å². The van der Waals surface area contributed by atoms with Crippen molar-refractivity contribution < 1.29 is 63.0 Å². The zero-order valence-electron chi connectivity index (χ0n) is 40.1. The number of carboxylic acid groups (broad SMARTS) is 1. The second-order valence-corrected chi connectivity index (χ2v) is 19.3. The first-order valence-corrected chi connectivity index (χ1v) is 25.2. The Hall–Kier alpha value is -5.21. The van der Waals surface area contributed by atoms with Gasteiger partial charge in [-0.3, -0.25) is 47.9 Å². The van der Waals surface area contributed by atoms with Crippen LogP contribution in [-0.4, -0.2) is 171 Å². The third-order valence-corrected chi connectivity index (χ3v) is 12.2. The van der Waals surface area contributed by atoms with Gasteiger partial charge < -0.3 is 69.5 Å². The van der Waals surface area contributed by atoms with Crippen molar-refractivity contribution in [2.24, 2.45) is 29.0 Å². The molecule has 0 saturated carbocycles. The number of rotatable bonds is 31. The fourth-order valence-electron chi connectivity index (χ4n) is 6.88. The van der Waals surface area contributed by atoms with Gasteiger partial charge in [0.15, 0.2) is 0 Å². The summed E-state index contributed by atoms with van der Waals surface area (Å²) in [6, 6.07) is -11.6. The van der Waals surface area contributed by atoms with Crippen molar-refractivity contribution in [1.29, 1.82) is 0 Å². The predicted octanol–water partition coefficient (Wildman–Crippen LogP) is -3.47. The molecule has 0 aromatic carbocycles. The number of primary amides is 2. The molecule has 26 heteroatoms. The van der Waals surface area contributed by atoms with Gasteiger partial charge in [0.25, 0.3) is 0 Å². The fourth-order valence-corrected chi connectivity index (χ4v) is 7.84. The van der Waals surface area contributed by atoms with E-state index in [1.54, 1.807) is 34.0 Å². The number of carbonyl (C=O) groups excluding carboxylic acids is 10. The highest BCUT2D eigenvalue weighted by Crippen LogP contribution is 2.21. The van der Waals surface area contributed by atoms with E-state index in [-0.39, 0.29) is 38.6 Å². The Morgan fingerprint density at radius 2 is 1.06 bits per heavy atom. The normalized spacial score (nSPS) is 17.5. The molecule has 10 amide bonds. The molecule has 0 unspecified atom stereocenters. The van der Waals surface area contributed by atoms with Gasteiger partial charge in [0.1, 0.15) is 48.3 Å². The van der Waals surface area contributed by atoms with E-state index in [1.165, 1.54) is 42.3 Å². The summed E-state index contributed by atoms with van der Waals surface area (Å²) in [6.45, 7) is 9.26. The molecule has 0 spiro atoms. The number of aliphatic hydroxyl groups is 1. The fraction of sp³-hybridized carbons (Fsp3) is 0.738. The van der Waals surface area contributed by atoms with E-state index >= 15 is 0 Å². The van der Waals surface area contributed by atoms with Crippen molar-refractivity contribution in [1.82, 2.24) is 42.1 Å². The molecule has 24 nitrogen and oxygen atoms in total. The van der Waals surface area contributed by atoms with Crippen LogP contribution in [0.1, 0.15) is 92.9 Å². The van der Waals surface area contributed by atoms with Gasteiger partial charge in [0.2, 0.25) is 59.1 Å². The summed E-state index contributed by atoms with van der Waals surface area (Å²) < 4.78 is 0. The number of aliphatic hydroxyl groups excluding tert-OH is 1. The molecule has 1 heterocycles. The number of amides is 10. The van der Waals surface area contributed by atoms with Crippen LogP contribution in [0.15, 0.2) is 0 Å². The average molecular weight is 1000 g/mol. The van der Waals surface area contributed by atoms with Gasteiger partial charge in [0, 0.05) is 19.4 Å². The molecule has 0 bridgehead atoms. The number of aliphatic carboxylic acids is 1. The van der Waals surface area contributed by atoms with Crippen molar-refractivity contribution >= 4 is 88.6 Å². The number of carboxylic acids is 1. The average Bonchev–Trinajstić information content (AvgIpc) is 3.76. The maximum Gasteiger partial charge on any atom is 0.326 e. The number of hydrogen-bond donors (Lipinski definition) is 12. The topological polar surface area (TPSA) is 394 Å². The van der Waals surface area contributed by atoms with E-state index in [2.05, 4.69) is 37.2 Å². The van der Waals surface area contributed by atoms with Crippen LogP contribution in [0, 0.1) is 11.8 Å². The van der Waals surface area contributed by atoms with E-state index in [1.807, 2.05) is 6.26 Å². The molecule has 0 radical (unpaired) electrons. The number of nitrogens with zero attached hydrogens (tertiary/aromatic N) is 1. The van der Waals surface area contributed by atoms with Crippen LogP contribution in [0.25, 0.3) is 0 Å². The summed E-state index contributed by atoms with van der Waals surface area (Å²) in [4.78, 5) is 144. The molecular formula is C42H73N11O13S2. The Morgan fingerprint density at radius 3 is 1.56 bits per heavy atom. The lowest BCUT2D eigenvalue weighted by molar-refractivity contribution is -0.143. The number of carbonyl (C=O) groups is 11. The Bertz CT molecular complexity index is 1790. The molecule has 1 rings (SSSR count). The van der Waals surface area contributed by atoms with E-state index in [9.17, 15) is 63.0 Å². The van der Waals surface area contributed by atoms with Gasteiger partial charge in [0.05, 0.1) is 12.1 Å². The summed E-state index contributed by atoms with van der Waals surface area (Å²) in [5.41, 5.74) is 16.4. The molecule has 0 aromatic heterocycles. The van der Waals surface area contributed by atoms with Crippen LogP contribution in [0.2, 0.25) is 0 Å². The largest absolute Gasteiger partial charge is 0.480 e. The quantitative estimate of drug-likeness (QED) is 0.0321. The molecule has 386 valence electrons. The first-order valence-electron chi connectivity index (χ1n) is 22.4. The van der Waals surface area contributed by atoms with E-state index in [4.69, 9.17) is 17.2 Å². The maximum absolute atomic E-state index is 14.0. The molecule has 1 aliphatic heterocycles. The highest BCUT2D eigenvalue weighted by molar-refractivity contribution is 7.98. The van der Waals surface area contributed by atoms with Gasteiger partial charge in [-0.15, -0.1) is 0 Å². The zero-order valence-corrected chi connectivity index (χ0v) is 41.7. The Kier molecular flexibility index (Phi) is 27.1. The van der Waals surface area contributed by atoms with Crippen LogP contribution in [0.5, 0.6) is 0 Å².